The number of amidine groups is 1. The van der Waals surface area contributed by atoms with E-state index in [4.69, 9.17) is 5.11 Å². The molecule has 1 heterocycles. The Kier molecular flexibility index (Phi) is 5.28. The molecule has 0 saturated carbocycles. The van der Waals surface area contributed by atoms with E-state index in [-0.39, 0.29) is 11.5 Å². The molecule has 2 aromatic rings. The molecule has 1 aliphatic heterocycles. The molecule has 1 N–H and O–H groups in total. The van der Waals surface area contributed by atoms with E-state index >= 15 is 0 Å². The summed E-state index contributed by atoms with van der Waals surface area (Å²) in [6.07, 6.45) is -2.92. The van der Waals surface area contributed by atoms with Crippen LogP contribution in [0.15, 0.2) is 58.4 Å². The Morgan fingerprint density at radius 1 is 1.11 bits per heavy atom. The third-order valence-corrected chi connectivity index (χ3v) is 4.94. The van der Waals surface area contributed by atoms with Crippen molar-refractivity contribution in [1.29, 1.82) is 0 Å². The Bertz CT molecular complexity index is 981. The van der Waals surface area contributed by atoms with Crippen LogP contribution in [0.2, 0.25) is 0 Å². The zero-order valence-corrected chi connectivity index (χ0v) is 15.2. The molecule has 0 radical (unpaired) electrons. The fraction of sp³-hybridized carbons (Fsp3) is 0.105. The van der Waals surface area contributed by atoms with Gasteiger partial charge in [-0.3, -0.25) is 9.69 Å². The van der Waals surface area contributed by atoms with Gasteiger partial charge in [-0.15, -0.1) is 0 Å². The number of carboxylic acid groups (broad SMARTS) is 1. The van der Waals surface area contributed by atoms with Gasteiger partial charge in [0.2, 0.25) is 0 Å². The second kappa shape index (κ2) is 7.51. The molecule has 1 saturated heterocycles. The summed E-state index contributed by atoms with van der Waals surface area (Å²) in [6, 6.07) is 10.4. The monoisotopic (exact) mass is 406 g/mol. The molecule has 9 heteroatoms. The van der Waals surface area contributed by atoms with Crippen LogP contribution in [0.5, 0.6) is 0 Å². The number of aromatic carboxylic acids is 1. The van der Waals surface area contributed by atoms with Gasteiger partial charge in [0.05, 0.1) is 21.7 Å². The maximum absolute atomic E-state index is 12.6. The summed E-state index contributed by atoms with van der Waals surface area (Å²) in [6.45, 7) is 0. The lowest BCUT2D eigenvalue weighted by atomic mass is 10.1. The number of amides is 1. The smallest absolute Gasteiger partial charge is 0.416 e. The fourth-order valence-electron chi connectivity index (χ4n) is 2.36. The number of thioether (sulfide) groups is 1. The molecule has 0 bridgehead atoms. The Morgan fingerprint density at radius 2 is 1.71 bits per heavy atom. The number of rotatable bonds is 3. The Hall–Kier alpha value is -3.07. The molecule has 0 atom stereocenters. The third kappa shape index (κ3) is 4.25. The zero-order chi connectivity index (χ0) is 20.5. The van der Waals surface area contributed by atoms with E-state index in [2.05, 4.69) is 4.99 Å². The van der Waals surface area contributed by atoms with Gasteiger partial charge in [0.1, 0.15) is 0 Å². The highest BCUT2D eigenvalue weighted by molar-refractivity contribution is 8.18. The standard InChI is InChI=1S/C19H13F3N2O3S/c1-24-16(25)15(10-11-2-6-13(7-3-11)19(20,21)22)28-18(24)23-14-8-4-12(5-9-14)17(26)27/h2-10H,1H3,(H,26,27)/b15-10-,23-18?. The van der Waals surface area contributed by atoms with E-state index in [1.165, 1.54) is 54.4 Å². The van der Waals surface area contributed by atoms with Gasteiger partial charge in [0.25, 0.3) is 5.91 Å². The first-order chi connectivity index (χ1) is 13.1. The number of alkyl halides is 3. The van der Waals surface area contributed by atoms with Crippen LogP contribution in [0.1, 0.15) is 21.5 Å². The van der Waals surface area contributed by atoms with Crippen molar-refractivity contribution in [3.8, 4) is 0 Å². The summed E-state index contributed by atoms with van der Waals surface area (Å²) >= 11 is 1.09. The topological polar surface area (TPSA) is 70.0 Å². The number of carboxylic acids is 1. The van der Waals surface area contributed by atoms with Crippen LogP contribution in [-0.2, 0) is 11.0 Å². The van der Waals surface area contributed by atoms with Crippen LogP contribution in [0, 0.1) is 0 Å². The number of hydrogen-bond donors (Lipinski definition) is 1. The van der Waals surface area contributed by atoms with Crippen LogP contribution in [0.25, 0.3) is 6.08 Å². The van der Waals surface area contributed by atoms with Gasteiger partial charge in [-0.2, -0.15) is 13.2 Å². The number of benzene rings is 2. The van der Waals surface area contributed by atoms with Gasteiger partial charge < -0.3 is 5.11 Å². The van der Waals surface area contributed by atoms with E-state index in [0.717, 1.165) is 23.9 Å². The number of halogens is 3. The van der Waals surface area contributed by atoms with E-state index in [1.54, 1.807) is 0 Å². The number of aliphatic imine (C=N–C) groups is 1. The fourth-order valence-corrected chi connectivity index (χ4v) is 3.35. The lowest BCUT2D eigenvalue weighted by Crippen LogP contribution is -2.23. The van der Waals surface area contributed by atoms with Crippen molar-refractivity contribution >= 4 is 40.6 Å². The minimum atomic E-state index is -4.42. The molecule has 28 heavy (non-hydrogen) atoms. The molecule has 2 aromatic carbocycles. The van der Waals surface area contributed by atoms with Crippen LogP contribution < -0.4 is 0 Å². The quantitative estimate of drug-likeness (QED) is 0.754. The Labute approximate surface area is 162 Å². The average Bonchev–Trinajstić information content (AvgIpc) is 2.90. The normalized spacial score (nSPS) is 17.6. The predicted octanol–water partition coefficient (Wildman–Crippen LogP) is 4.64. The van der Waals surface area contributed by atoms with E-state index < -0.39 is 17.7 Å². The number of carbonyl (C=O) groups is 2. The summed E-state index contributed by atoms with van der Waals surface area (Å²) in [7, 11) is 1.54. The van der Waals surface area contributed by atoms with Crippen molar-refractivity contribution in [1.82, 2.24) is 4.90 Å². The Morgan fingerprint density at radius 3 is 2.25 bits per heavy atom. The zero-order valence-electron chi connectivity index (χ0n) is 14.4. The molecule has 1 fully saturated rings. The van der Waals surface area contributed by atoms with Gasteiger partial charge in [-0.05, 0) is 59.8 Å². The average molecular weight is 406 g/mol. The largest absolute Gasteiger partial charge is 0.478 e. The lowest BCUT2D eigenvalue weighted by molar-refractivity contribution is -0.137. The summed E-state index contributed by atoms with van der Waals surface area (Å²) < 4.78 is 37.9. The maximum atomic E-state index is 12.6. The van der Waals surface area contributed by atoms with Crippen molar-refractivity contribution in [2.75, 3.05) is 7.05 Å². The SMILES string of the molecule is CN1C(=O)/C(=C/c2ccc(C(F)(F)F)cc2)SC1=Nc1ccc(C(=O)O)cc1. The molecule has 0 unspecified atom stereocenters. The third-order valence-electron chi connectivity index (χ3n) is 3.88. The van der Waals surface area contributed by atoms with Gasteiger partial charge >= 0.3 is 12.1 Å². The summed E-state index contributed by atoms with van der Waals surface area (Å²) in [5, 5.41) is 9.29. The van der Waals surface area contributed by atoms with Crippen LogP contribution in [0.4, 0.5) is 18.9 Å². The molecule has 144 valence electrons. The van der Waals surface area contributed by atoms with E-state index in [9.17, 15) is 22.8 Å². The summed E-state index contributed by atoms with van der Waals surface area (Å²) in [5.74, 6) is -1.38. The van der Waals surface area contributed by atoms with E-state index in [0.29, 0.717) is 21.3 Å². The van der Waals surface area contributed by atoms with Gasteiger partial charge in [0, 0.05) is 7.05 Å². The number of likely N-dealkylation sites (N-methyl/N-ethyl adjacent to an activating group) is 1. The van der Waals surface area contributed by atoms with Gasteiger partial charge in [-0.1, -0.05) is 12.1 Å². The van der Waals surface area contributed by atoms with Crippen LogP contribution in [-0.4, -0.2) is 34.1 Å². The van der Waals surface area contributed by atoms with Crippen molar-refractivity contribution in [2.24, 2.45) is 4.99 Å². The molecular weight excluding hydrogens is 393 g/mol. The first-order valence-corrected chi connectivity index (χ1v) is 8.74. The minimum Gasteiger partial charge on any atom is -0.478 e. The second-order valence-corrected chi connectivity index (χ2v) is 6.85. The lowest BCUT2D eigenvalue weighted by Gasteiger charge is -2.07. The number of nitrogens with zero attached hydrogens (tertiary/aromatic N) is 2. The highest BCUT2D eigenvalue weighted by Gasteiger charge is 2.31. The second-order valence-electron chi connectivity index (χ2n) is 5.84. The number of hydrogen-bond acceptors (Lipinski definition) is 4. The molecule has 0 spiro atoms. The maximum Gasteiger partial charge on any atom is 0.416 e. The highest BCUT2D eigenvalue weighted by atomic mass is 32.2. The van der Waals surface area contributed by atoms with Crippen molar-refractivity contribution < 1.29 is 27.9 Å². The summed E-state index contributed by atoms with van der Waals surface area (Å²) in [4.78, 5) is 29.2. The van der Waals surface area contributed by atoms with Crippen LogP contribution >= 0.6 is 11.8 Å². The van der Waals surface area contributed by atoms with E-state index in [1.807, 2.05) is 0 Å². The predicted molar refractivity (Wildman–Crippen MR) is 100 cm³/mol. The van der Waals surface area contributed by atoms with Gasteiger partial charge in [0.15, 0.2) is 5.17 Å². The van der Waals surface area contributed by atoms with Crippen molar-refractivity contribution in [3.63, 3.8) is 0 Å². The molecular formula is C19H13F3N2O3S. The molecule has 1 aliphatic rings. The molecule has 5 nitrogen and oxygen atoms in total. The first-order valence-electron chi connectivity index (χ1n) is 7.92. The molecule has 1 amide bonds. The molecule has 3 rings (SSSR count). The first kappa shape index (κ1) is 19.7. The molecule has 0 aliphatic carbocycles. The Balaban J connectivity index is 1.82. The number of carbonyl (C=O) groups excluding carboxylic acids is 1. The van der Waals surface area contributed by atoms with Crippen molar-refractivity contribution in [2.45, 2.75) is 6.18 Å². The van der Waals surface area contributed by atoms with Crippen LogP contribution in [0.3, 0.4) is 0 Å². The van der Waals surface area contributed by atoms with Gasteiger partial charge in [-0.25, -0.2) is 9.79 Å². The highest BCUT2D eigenvalue weighted by Crippen LogP contribution is 2.34. The molecule has 0 aromatic heterocycles. The van der Waals surface area contributed by atoms with Crippen molar-refractivity contribution in [3.05, 3.63) is 70.1 Å². The minimum absolute atomic E-state index is 0.121. The summed E-state index contributed by atoms with van der Waals surface area (Å²) in [5.41, 5.74) is 0.298.